The molecule has 1 aromatic carbocycles. The minimum absolute atomic E-state index is 0.00326. The third-order valence-corrected chi connectivity index (χ3v) is 7.50. The molecule has 2 amide bonds. The highest BCUT2D eigenvalue weighted by atomic mass is 19.4. The fraction of sp³-hybridized carbons (Fsp3) is 0.500. The van der Waals surface area contributed by atoms with Gasteiger partial charge >= 0.3 is 12.4 Å². The number of alkyl halides is 6. The van der Waals surface area contributed by atoms with Crippen molar-refractivity contribution in [2.45, 2.75) is 50.1 Å². The monoisotopic (exact) mass is 501 g/mol. The highest BCUT2D eigenvalue weighted by Crippen LogP contribution is 2.43. The van der Waals surface area contributed by atoms with E-state index in [1.807, 2.05) is 38.2 Å². The van der Waals surface area contributed by atoms with Crippen molar-refractivity contribution in [2.75, 3.05) is 19.8 Å². The standard InChI is InChI=1S/C24H25F6N3O2/c1-15-5-3-4-6-21(15,2)33-14-31-20(35)22(33)7-9-32(10-8-22)19(34)16-11-17(23(25,26)27)13-18(12-16)24(28,29)30/h3-6,11-13,15H,7-10,14H2,1-2H3,(H,31,35). The number of carbonyl (C=O) groups excluding carboxylic acids is 2. The Labute approximate surface area is 198 Å². The molecule has 1 aromatic rings. The molecule has 1 aliphatic carbocycles. The van der Waals surface area contributed by atoms with Crippen LogP contribution < -0.4 is 5.32 Å². The van der Waals surface area contributed by atoms with Crippen molar-refractivity contribution in [2.24, 2.45) is 5.92 Å². The van der Waals surface area contributed by atoms with E-state index in [1.165, 1.54) is 4.90 Å². The predicted molar refractivity (Wildman–Crippen MR) is 115 cm³/mol. The number of halogens is 6. The second kappa shape index (κ2) is 8.39. The van der Waals surface area contributed by atoms with Gasteiger partial charge in [-0.3, -0.25) is 14.5 Å². The molecule has 2 unspecified atom stereocenters. The van der Waals surface area contributed by atoms with Gasteiger partial charge in [0, 0.05) is 24.2 Å². The predicted octanol–water partition coefficient (Wildman–Crippen LogP) is 4.61. The second-order valence-electron chi connectivity index (χ2n) is 9.47. The van der Waals surface area contributed by atoms with Gasteiger partial charge in [0.05, 0.1) is 17.8 Å². The Morgan fingerprint density at radius 1 is 1.00 bits per heavy atom. The third kappa shape index (κ3) is 4.34. The molecular formula is C24H25F6N3O2. The molecular weight excluding hydrogens is 476 g/mol. The Kier molecular flexibility index (Phi) is 6.06. The smallest absolute Gasteiger partial charge is 0.342 e. The molecule has 35 heavy (non-hydrogen) atoms. The lowest BCUT2D eigenvalue weighted by Gasteiger charge is -2.51. The van der Waals surface area contributed by atoms with E-state index in [2.05, 4.69) is 10.2 Å². The molecule has 0 bridgehead atoms. The van der Waals surface area contributed by atoms with Gasteiger partial charge in [0.2, 0.25) is 5.91 Å². The van der Waals surface area contributed by atoms with Crippen molar-refractivity contribution in [3.05, 3.63) is 59.2 Å². The first-order valence-corrected chi connectivity index (χ1v) is 11.2. The van der Waals surface area contributed by atoms with Crippen LogP contribution in [0.4, 0.5) is 26.3 Å². The van der Waals surface area contributed by atoms with Crippen molar-refractivity contribution < 1.29 is 35.9 Å². The number of benzene rings is 1. The molecule has 5 nitrogen and oxygen atoms in total. The van der Waals surface area contributed by atoms with E-state index in [-0.39, 0.29) is 43.8 Å². The Morgan fingerprint density at radius 3 is 2.09 bits per heavy atom. The van der Waals surface area contributed by atoms with Crippen LogP contribution in [0.2, 0.25) is 0 Å². The van der Waals surface area contributed by atoms with Crippen LogP contribution in [-0.2, 0) is 17.1 Å². The van der Waals surface area contributed by atoms with Crippen molar-refractivity contribution in [1.29, 1.82) is 0 Å². The summed E-state index contributed by atoms with van der Waals surface area (Å²) < 4.78 is 79.3. The van der Waals surface area contributed by atoms with E-state index >= 15 is 0 Å². The number of rotatable bonds is 2. The van der Waals surface area contributed by atoms with E-state index < -0.39 is 46.0 Å². The largest absolute Gasteiger partial charge is 0.416 e. The maximum Gasteiger partial charge on any atom is 0.416 e. The van der Waals surface area contributed by atoms with E-state index in [0.717, 1.165) is 0 Å². The first kappa shape index (κ1) is 25.3. The van der Waals surface area contributed by atoms with Crippen LogP contribution in [0.3, 0.4) is 0 Å². The number of amides is 2. The highest BCUT2D eigenvalue weighted by molar-refractivity contribution is 5.95. The first-order valence-electron chi connectivity index (χ1n) is 11.2. The van der Waals surface area contributed by atoms with Crippen LogP contribution >= 0.6 is 0 Å². The average Bonchev–Trinajstić information content (AvgIpc) is 3.10. The summed E-state index contributed by atoms with van der Waals surface area (Å²) >= 11 is 0. The SMILES string of the molecule is CC1C=CC=CC1(C)N1CNC(=O)C12CCN(C(=O)c1cc(C(F)(F)F)cc(C(F)(F)F)c1)CC2. The van der Waals surface area contributed by atoms with Gasteiger partial charge in [0.1, 0.15) is 5.54 Å². The highest BCUT2D eigenvalue weighted by Gasteiger charge is 2.56. The maximum atomic E-state index is 13.2. The zero-order valence-electron chi connectivity index (χ0n) is 19.1. The minimum Gasteiger partial charge on any atom is -0.342 e. The van der Waals surface area contributed by atoms with Crippen molar-refractivity contribution in [3.63, 3.8) is 0 Å². The molecule has 4 rings (SSSR count). The summed E-state index contributed by atoms with van der Waals surface area (Å²) in [7, 11) is 0. The van der Waals surface area contributed by atoms with Crippen molar-refractivity contribution >= 4 is 11.8 Å². The van der Waals surface area contributed by atoms with Crippen molar-refractivity contribution in [3.8, 4) is 0 Å². The summed E-state index contributed by atoms with van der Waals surface area (Å²) in [6.45, 7) is 4.38. The van der Waals surface area contributed by atoms with Gasteiger partial charge in [0.25, 0.3) is 5.91 Å². The van der Waals surface area contributed by atoms with Crippen LogP contribution in [-0.4, -0.2) is 52.5 Å². The number of hydrogen-bond donors (Lipinski definition) is 1. The average molecular weight is 501 g/mol. The first-order chi connectivity index (χ1) is 16.2. The van der Waals surface area contributed by atoms with Gasteiger partial charge in [-0.15, -0.1) is 0 Å². The van der Waals surface area contributed by atoms with Gasteiger partial charge in [-0.25, -0.2) is 0 Å². The molecule has 0 radical (unpaired) electrons. The molecule has 0 aromatic heterocycles. The normalized spacial score (nSPS) is 26.9. The molecule has 2 fully saturated rings. The minimum atomic E-state index is -5.04. The molecule has 1 N–H and O–H groups in total. The van der Waals surface area contributed by atoms with Gasteiger partial charge in [-0.2, -0.15) is 26.3 Å². The Hall–Kier alpha value is -2.82. The molecule has 3 aliphatic rings. The number of nitrogens with one attached hydrogen (secondary N) is 1. The van der Waals surface area contributed by atoms with Crippen LogP contribution in [0.1, 0.15) is 48.2 Å². The van der Waals surface area contributed by atoms with Crippen LogP contribution in [0.15, 0.2) is 42.5 Å². The Balaban J connectivity index is 1.59. The van der Waals surface area contributed by atoms with E-state index in [4.69, 9.17) is 0 Å². The van der Waals surface area contributed by atoms with Crippen molar-refractivity contribution in [1.82, 2.24) is 15.1 Å². The lowest BCUT2D eigenvalue weighted by Crippen LogP contribution is -2.64. The molecule has 2 heterocycles. The number of piperidine rings is 1. The zero-order chi connectivity index (χ0) is 25.8. The number of hydrogen-bond acceptors (Lipinski definition) is 3. The summed E-state index contributed by atoms with van der Waals surface area (Å²) in [5.74, 6) is -1.04. The lowest BCUT2D eigenvalue weighted by atomic mass is 9.76. The topological polar surface area (TPSA) is 52.7 Å². The lowest BCUT2D eigenvalue weighted by molar-refractivity contribution is -0.143. The molecule has 11 heteroatoms. The molecule has 1 spiro atoms. The molecule has 2 atom stereocenters. The molecule has 2 aliphatic heterocycles. The van der Waals surface area contributed by atoms with Crippen LogP contribution in [0.5, 0.6) is 0 Å². The summed E-state index contributed by atoms with van der Waals surface area (Å²) in [4.78, 5) is 29.2. The number of allylic oxidation sites excluding steroid dienone is 2. The van der Waals surface area contributed by atoms with Gasteiger partial charge < -0.3 is 10.2 Å². The van der Waals surface area contributed by atoms with E-state index in [1.54, 1.807) is 0 Å². The Bertz CT molecular complexity index is 1050. The quantitative estimate of drug-likeness (QED) is 0.603. The molecule has 190 valence electrons. The second-order valence-corrected chi connectivity index (χ2v) is 9.47. The summed E-state index contributed by atoms with van der Waals surface area (Å²) in [6.07, 6.45) is -1.81. The van der Waals surface area contributed by atoms with Gasteiger partial charge in [-0.1, -0.05) is 31.2 Å². The zero-order valence-corrected chi connectivity index (χ0v) is 19.1. The maximum absolute atomic E-state index is 13.2. The fourth-order valence-electron chi connectivity index (χ4n) is 5.22. The van der Waals surface area contributed by atoms with E-state index in [0.29, 0.717) is 18.8 Å². The molecule has 0 saturated carbocycles. The summed E-state index contributed by atoms with van der Waals surface area (Å²) in [5, 5.41) is 2.87. The fourth-order valence-corrected chi connectivity index (χ4v) is 5.22. The van der Waals surface area contributed by atoms with Crippen LogP contribution in [0, 0.1) is 5.92 Å². The number of likely N-dealkylation sites (tertiary alicyclic amines) is 1. The third-order valence-electron chi connectivity index (χ3n) is 7.50. The number of nitrogens with zero attached hydrogens (tertiary/aromatic N) is 2. The molecule has 2 saturated heterocycles. The van der Waals surface area contributed by atoms with Crippen LogP contribution in [0.25, 0.3) is 0 Å². The van der Waals surface area contributed by atoms with Gasteiger partial charge in [0.15, 0.2) is 0 Å². The summed E-state index contributed by atoms with van der Waals surface area (Å²) in [5.41, 5.74) is -5.17. The van der Waals surface area contributed by atoms with E-state index in [9.17, 15) is 35.9 Å². The Morgan fingerprint density at radius 2 is 1.57 bits per heavy atom. The van der Waals surface area contributed by atoms with Gasteiger partial charge in [-0.05, 0) is 43.9 Å². The summed E-state index contributed by atoms with van der Waals surface area (Å²) in [6, 6.07) is 0.882. The number of carbonyl (C=O) groups is 2.